The second-order valence-corrected chi connectivity index (χ2v) is 11.8. The van der Waals surface area contributed by atoms with E-state index in [1.54, 1.807) is 17.4 Å². The number of nitrogens with zero attached hydrogens (tertiary/aromatic N) is 4. The number of benzene rings is 1. The van der Waals surface area contributed by atoms with Crippen LogP contribution in [0.4, 0.5) is 16.3 Å². The van der Waals surface area contributed by atoms with E-state index >= 15 is 0 Å². The van der Waals surface area contributed by atoms with Gasteiger partial charge in [0.25, 0.3) is 0 Å². The fourth-order valence-corrected chi connectivity index (χ4v) is 5.50. The van der Waals surface area contributed by atoms with Crippen molar-refractivity contribution < 1.29 is 14.1 Å². The molecule has 0 bridgehead atoms. The topological polar surface area (TPSA) is 119 Å². The molecule has 1 aliphatic rings. The van der Waals surface area contributed by atoms with Gasteiger partial charge in [0.15, 0.2) is 10.8 Å². The summed E-state index contributed by atoms with van der Waals surface area (Å²) < 4.78 is 13.4. The standard InChI is InChI=1S/C28H31N7O3S/c1-28(2,3)22-14-23(34-38-22)32-26(36)30-19-6-4-18(5-7-19)20-15-35-21-8-9-24(33-25(21)39-27(35)31-20)37-16-17-10-12-29-13-11-17/h4-9,14-15,17,29H,10-13,16H2,1-3H3,(H2,30,32,34,36). The minimum Gasteiger partial charge on any atom is -0.477 e. The minimum absolute atomic E-state index is 0.187. The van der Waals surface area contributed by atoms with Crippen LogP contribution in [-0.2, 0) is 5.41 Å². The van der Waals surface area contributed by atoms with Crippen LogP contribution < -0.4 is 20.7 Å². The van der Waals surface area contributed by atoms with E-state index in [0.29, 0.717) is 35.7 Å². The molecule has 2 amide bonds. The van der Waals surface area contributed by atoms with Crippen molar-refractivity contribution >= 4 is 44.2 Å². The van der Waals surface area contributed by atoms with Gasteiger partial charge < -0.3 is 19.9 Å². The molecule has 1 fully saturated rings. The normalized spacial score (nSPS) is 14.6. The molecule has 1 saturated heterocycles. The molecular formula is C28H31N7O3S. The first-order chi connectivity index (χ1) is 18.8. The van der Waals surface area contributed by atoms with Crippen LogP contribution in [0.3, 0.4) is 0 Å². The van der Waals surface area contributed by atoms with E-state index in [1.807, 2.05) is 63.4 Å². The maximum atomic E-state index is 12.4. The average Bonchev–Trinajstić information content (AvgIpc) is 3.63. The highest BCUT2D eigenvalue weighted by atomic mass is 32.1. The van der Waals surface area contributed by atoms with Crippen molar-refractivity contribution in [2.24, 2.45) is 5.92 Å². The van der Waals surface area contributed by atoms with Crippen LogP contribution in [0.15, 0.2) is 53.2 Å². The zero-order valence-electron chi connectivity index (χ0n) is 22.2. The number of hydrogen-bond donors (Lipinski definition) is 3. The Balaban J connectivity index is 1.10. The van der Waals surface area contributed by atoms with Gasteiger partial charge in [-0.25, -0.2) is 14.8 Å². The van der Waals surface area contributed by atoms with E-state index in [1.165, 1.54) is 0 Å². The summed E-state index contributed by atoms with van der Waals surface area (Å²) in [7, 11) is 0. The fourth-order valence-electron chi connectivity index (χ4n) is 4.53. The predicted molar refractivity (Wildman–Crippen MR) is 153 cm³/mol. The van der Waals surface area contributed by atoms with Gasteiger partial charge in [0.1, 0.15) is 10.6 Å². The van der Waals surface area contributed by atoms with Gasteiger partial charge >= 0.3 is 6.03 Å². The quantitative estimate of drug-likeness (QED) is 0.242. The number of pyridine rings is 1. The Morgan fingerprint density at radius 1 is 1.13 bits per heavy atom. The summed E-state index contributed by atoms with van der Waals surface area (Å²) in [5.74, 6) is 2.32. The number of urea groups is 1. The number of rotatable bonds is 6. The number of piperidine rings is 1. The molecule has 0 spiro atoms. The number of anilines is 2. The third kappa shape index (κ3) is 5.59. The zero-order valence-corrected chi connectivity index (χ0v) is 23.0. The lowest BCUT2D eigenvalue weighted by atomic mass is 9.93. The number of amides is 2. The predicted octanol–water partition coefficient (Wildman–Crippen LogP) is 5.92. The highest BCUT2D eigenvalue weighted by Gasteiger charge is 2.20. The Bertz CT molecular complexity index is 1610. The van der Waals surface area contributed by atoms with Gasteiger partial charge in [0, 0.05) is 35.0 Å². The molecular weight excluding hydrogens is 514 g/mol. The zero-order chi connectivity index (χ0) is 27.0. The molecule has 202 valence electrons. The number of carbonyl (C=O) groups is 1. The number of imidazole rings is 1. The van der Waals surface area contributed by atoms with Crippen molar-refractivity contribution in [3.8, 4) is 17.1 Å². The first-order valence-corrected chi connectivity index (χ1v) is 13.9. The van der Waals surface area contributed by atoms with E-state index < -0.39 is 6.03 Å². The maximum Gasteiger partial charge on any atom is 0.324 e. The number of hydrogen-bond acceptors (Lipinski definition) is 8. The van der Waals surface area contributed by atoms with Crippen molar-refractivity contribution in [2.75, 3.05) is 30.3 Å². The molecule has 6 rings (SSSR count). The monoisotopic (exact) mass is 545 g/mol. The smallest absolute Gasteiger partial charge is 0.324 e. The second kappa shape index (κ2) is 10.3. The summed E-state index contributed by atoms with van der Waals surface area (Å²) in [6, 6.07) is 12.9. The van der Waals surface area contributed by atoms with Crippen LogP contribution in [-0.4, -0.2) is 45.3 Å². The Morgan fingerprint density at radius 3 is 2.67 bits per heavy atom. The SMILES string of the molecule is CC(C)(C)c1cc(NC(=O)Nc2ccc(-c3cn4c(n3)sc3nc(OCC5CCNCC5)ccc34)cc2)no1. The van der Waals surface area contributed by atoms with Gasteiger partial charge in [0.2, 0.25) is 5.88 Å². The highest BCUT2D eigenvalue weighted by Crippen LogP contribution is 2.30. The number of thiazole rings is 1. The molecule has 5 heterocycles. The molecule has 11 heteroatoms. The summed E-state index contributed by atoms with van der Waals surface area (Å²) in [5.41, 5.74) is 3.27. The van der Waals surface area contributed by atoms with E-state index in [4.69, 9.17) is 19.2 Å². The molecule has 1 aromatic carbocycles. The number of carbonyl (C=O) groups excluding carboxylic acids is 1. The molecule has 0 saturated carbocycles. The summed E-state index contributed by atoms with van der Waals surface area (Å²) >= 11 is 1.54. The van der Waals surface area contributed by atoms with Gasteiger partial charge in [-0.2, -0.15) is 0 Å². The van der Waals surface area contributed by atoms with Gasteiger partial charge in [0.05, 0.1) is 17.8 Å². The van der Waals surface area contributed by atoms with Crippen LogP contribution in [0.1, 0.15) is 39.4 Å². The number of nitrogens with one attached hydrogen (secondary N) is 3. The molecule has 5 aromatic rings. The minimum atomic E-state index is -0.392. The lowest BCUT2D eigenvalue weighted by molar-refractivity contribution is 0.209. The third-order valence-corrected chi connectivity index (χ3v) is 7.76. The molecule has 0 radical (unpaired) electrons. The summed E-state index contributed by atoms with van der Waals surface area (Å²) in [6.07, 6.45) is 4.30. The first kappa shape index (κ1) is 25.3. The van der Waals surface area contributed by atoms with Crippen molar-refractivity contribution in [3.63, 3.8) is 0 Å². The van der Waals surface area contributed by atoms with Gasteiger partial charge in [-0.05, 0) is 50.0 Å². The molecule has 0 atom stereocenters. The van der Waals surface area contributed by atoms with Crippen LogP contribution in [0.2, 0.25) is 0 Å². The first-order valence-electron chi connectivity index (χ1n) is 13.1. The van der Waals surface area contributed by atoms with Crippen molar-refractivity contribution in [1.29, 1.82) is 0 Å². The summed E-state index contributed by atoms with van der Waals surface area (Å²) in [5, 5.41) is 12.8. The molecule has 10 nitrogen and oxygen atoms in total. The van der Waals surface area contributed by atoms with E-state index in [2.05, 4.69) is 25.5 Å². The fraction of sp³-hybridized carbons (Fsp3) is 0.357. The number of fused-ring (bicyclic) bond motifs is 3. The maximum absolute atomic E-state index is 12.4. The van der Waals surface area contributed by atoms with Crippen LogP contribution >= 0.6 is 11.3 Å². The Kier molecular flexibility index (Phi) is 6.69. The summed E-state index contributed by atoms with van der Waals surface area (Å²) in [4.78, 5) is 23.7. The van der Waals surface area contributed by atoms with Gasteiger partial charge in [-0.3, -0.25) is 9.72 Å². The second-order valence-electron chi connectivity index (χ2n) is 10.8. The number of ether oxygens (including phenoxy) is 1. The van der Waals surface area contributed by atoms with Crippen LogP contribution in [0.5, 0.6) is 5.88 Å². The lowest BCUT2D eigenvalue weighted by Gasteiger charge is -2.22. The molecule has 3 N–H and O–H groups in total. The third-order valence-electron chi connectivity index (χ3n) is 6.79. The lowest BCUT2D eigenvalue weighted by Crippen LogP contribution is -2.30. The summed E-state index contributed by atoms with van der Waals surface area (Å²) in [6.45, 7) is 8.88. The van der Waals surface area contributed by atoms with E-state index in [9.17, 15) is 4.79 Å². The van der Waals surface area contributed by atoms with Crippen LogP contribution in [0.25, 0.3) is 26.6 Å². The van der Waals surface area contributed by atoms with Crippen molar-refractivity contribution in [1.82, 2.24) is 24.8 Å². The number of aromatic nitrogens is 4. The van der Waals surface area contributed by atoms with Crippen molar-refractivity contribution in [3.05, 3.63) is 54.4 Å². The molecule has 1 aliphatic heterocycles. The van der Waals surface area contributed by atoms with Gasteiger partial charge in [-0.1, -0.05) is 49.4 Å². The Labute approximate surface area is 229 Å². The van der Waals surface area contributed by atoms with Crippen LogP contribution in [0, 0.1) is 5.92 Å². The molecule has 4 aromatic heterocycles. The van der Waals surface area contributed by atoms with Crippen molar-refractivity contribution in [2.45, 2.75) is 39.0 Å². The van der Waals surface area contributed by atoms with E-state index in [-0.39, 0.29) is 5.41 Å². The molecule has 0 unspecified atom stereocenters. The van der Waals surface area contributed by atoms with E-state index in [0.717, 1.165) is 52.5 Å². The Morgan fingerprint density at radius 2 is 1.92 bits per heavy atom. The Hall–Kier alpha value is -3.96. The van der Waals surface area contributed by atoms with Gasteiger partial charge in [-0.15, -0.1) is 0 Å². The molecule has 0 aliphatic carbocycles. The molecule has 39 heavy (non-hydrogen) atoms. The largest absolute Gasteiger partial charge is 0.477 e. The average molecular weight is 546 g/mol. The highest BCUT2D eigenvalue weighted by molar-refractivity contribution is 7.23.